The number of halogens is 1. The molecule has 6 nitrogen and oxygen atoms in total. The number of carboxylic acids is 1. The minimum atomic E-state index is -1.36. The lowest BCUT2D eigenvalue weighted by Crippen LogP contribution is -2.66. The predicted molar refractivity (Wildman–Crippen MR) is 98.2 cm³/mol. The Morgan fingerprint density at radius 1 is 1.28 bits per heavy atom. The molecule has 7 N–H and O–H groups in total. The van der Waals surface area contributed by atoms with E-state index in [0.717, 1.165) is 5.56 Å². The van der Waals surface area contributed by atoms with Crippen LogP contribution in [-0.4, -0.2) is 39.3 Å². The number of carbonyl (C=O) groups is 1. The van der Waals surface area contributed by atoms with Gasteiger partial charge in [-0.15, -0.1) is 0 Å². The van der Waals surface area contributed by atoms with Crippen LogP contribution in [0.2, 0.25) is 11.3 Å². The summed E-state index contributed by atoms with van der Waals surface area (Å²) in [7, 11) is -1.36. The number of aliphatic carboxylic acids is 1. The molecule has 0 aromatic heterocycles. The highest BCUT2D eigenvalue weighted by molar-refractivity contribution is 6.40. The zero-order chi connectivity index (χ0) is 18.7. The van der Waals surface area contributed by atoms with E-state index >= 15 is 0 Å². The fourth-order valence-electron chi connectivity index (χ4n) is 3.67. The topological polar surface area (TPSA) is 130 Å². The highest BCUT2D eigenvalue weighted by Crippen LogP contribution is 2.45. The Hall–Kier alpha value is -1.12. The lowest BCUT2D eigenvalue weighted by atomic mass is 9.58. The van der Waals surface area contributed by atoms with Gasteiger partial charge in [-0.3, -0.25) is 4.79 Å². The Morgan fingerprint density at radius 2 is 1.88 bits per heavy atom. The van der Waals surface area contributed by atoms with Crippen LogP contribution >= 0.6 is 11.6 Å². The van der Waals surface area contributed by atoms with E-state index in [-0.39, 0.29) is 12.2 Å². The summed E-state index contributed by atoms with van der Waals surface area (Å²) in [4.78, 5) is 11.7. The van der Waals surface area contributed by atoms with E-state index < -0.39 is 24.2 Å². The normalized spacial score (nSPS) is 25.1. The van der Waals surface area contributed by atoms with E-state index in [9.17, 15) is 9.90 Å². The van der Waals surface area contributed by atoms with E-state index in [1.807, 2.05) is 24.3 Å². The first-order valence-electron chi connectivity index (χ1n) is 8.56. The fraction of sp³-hybridized carbons (Fsp3) is 0.588. The summed E-state index contributed by atoms with van der Waals surface area (Å²) in [5.41, 5.74) is 11.9. The molecule has 1 aromatic carbocycles. The average Bonchev–Trinajstić information content (AvgIpc) is 2.50. The molecule has 0 amide bonds. The van der Waals surface area contributed by atoms with Gasteiger partial charge in [0.05, 0.1) is 0 Å². The fourth-order valence-corrected chi connectivity index (χ4v) is 3.80. The second-order valence-electron chi connectivity index (χ2n) is 7.34. The number of carboxylic acid groups (broad SMARTS) is 1. The summed E-state index contributed by atoms with van der Waals surface area (Å²) in [6, 6.07) is 7.49. The van der Waals surface area contributed by atoms with Crippen LogP contribution in [0, 0.1) is 5.92 Å². The molecule has 0 radical (unpaired) electrons. The Labute approximate surface area is 153 Å². The molecule has 138 valence electrons. The van der Waals surface area contributed by atoms with E-state index in [0.29, 0.717) is 43.5 Å². The first kappa shape index (κ1) is 20.2. The molecule has 0 spiro atoms. The molecule has 0 aliphatic heterocycles. The Balaban J connectivity index is 1.91. The molecule has 8 heteroatoms. The van der Waals surface area contributed by atoms with E-state index in [1.165, 1.54) is 0 Å². The third kappa shape index (κ3) is 5.18. The van der Waals surface area contributed by atoms with Gasteiger partial charge in [0.2, 0.25) is 0 Å². The molecule has 25 heavy (non-hydrogen) atoms. The standard InChI is InChI=1S/C17H26BClN2O4/c19-14-5-3-12(4-6-14)9-16(20)10-13(11-16)17(21,15(22)23)7-1-2-8-18(24)25/h3-6,13,24-25H,1-2,7-11,20-21H2,(H,22,23). The summed E-state index contributed by atoms with van der Waals surface area (Å²) >= 11 is 5.88. The van der Waals surface area contributed by atoms with Crippen molar-refractivity contribution in [3.8, 4) is 0 Å². The minimum absolute atomic E-state index is 0.179. The Kier molecular flexibility index (Phi) is 6.51. The number of rotatable bonds is 9. The SMILES string of the molecule is NC1(Cc2ccc(Cl)cc2)CC(C(N)(CCCCB(O)O)C(=O)O)C1. The van der Waals surface area contributed by atoms with Crippen molar-refractivity contribution in [3.05, 3.63) is 34.9 Å². The van der Waals surface area contributed by atoms with Crippen LogP contribution in [0.3, 0.4) is 0 Å². The third-order valence-corrected chi connectivity index (χ3v) is 5.46. The van der Waals surface area contributed by atoms with Gasteiger partial charge in [-0.1, -0.05) is 36.6 Å². The maximum atomic E-state index is 11.7. The third-order valence-electron chi connectivity index (χ3n) is 5.20. The van der Waals surface area contributed by atoms with Gasteiger partial charge in [-0.2, -0.15) is 0 Å². The molecule has 0 bridgehead atoms. The maximum absolute atomic E-state index is 11.7. The summed E-state index contributed by atoms with van der Waals surface area (Å²) in [6.45, 7) is 0. The molecule has 0 heterocycles. The van der Waals surface area contributed by atoms with Crippen molar-refractivity contribution >= 4 is 24.7 Å². The second kappa shape index (κ2) is 8.06. The monoisotopic (exact) mass is 368 g/mol. The molecule has 1 atom stereocenters. The second-order valence-corrected chi connectivity index (χ2v) is 7.78. The van der Waals surface area contributed by atoms with Gasteiger partial charge < -0.3 is 26.6 Å². The lowest BCUT2D eigenvalue weighted by molar-refractivity contribution is -0.149. The predicted octanol–water partition coefficient (Wildman–Crippen LogP) is 1.42. The van der Waals surface area contributed by atoms with Gasteiger partial charge in [-0.25, -0.2) is 0 Å². The first-order chi connectivity index (χ1) is 11.6. The summed E-state index contributed by atoms with van der Waals surface area (Å²) in [6.07, 6.45) is 3.35. The van der Waals surface area contributed by atoms with Gasteiger partial charge in [-0.05, 0) is 55.6 Å². The first-order valence-corrected chi connectivity index (χ1v) is 8.94. The van der Waals surface area contributed by atoms with Crippen LogP contribution in [0.25, 0.3) is 0 Å². The molecule has 2 rings (SSSR count). The van der Waals surface area contributed by atoms with Crippen molar-refractivity contribution in [3.63, 3.8) is 0 Å². The van der Waals surface area contributed by atoms with Gasteiger partial charge in [0.1, 0.15) is 5.54 Å². The van der Waals surface area contributed by atoms with Crippen molar-refractivity contribution in [2.24, 2.45) is 17.4 Å². The van der Waals surface area contributed by atoms with Crippen molar-refractivity contribution in [1.29, 1.82) is 0 Å². The molecule has 1 aliphatic carbocycles. The highest BCUT2D eigenvalue weighted by Gasteiger charge is 2.53. The van der Waals surface area contributed by atoms with Crippen LogP contribution in [0.1, 0.15) is 37.7 Å². The Bertz CT molecular complexity index is 593. The van der Waals surface area contributed by atoms with Crippen LogP contribution in [0.5, 0.6) is 0 Å². The molecule has 1 aromatic rings. The van der Waals surface area contributed by atoms with Crippen LogP contribution in [0.15, 0.2) is 24.3 Å². The number of hydrogen-bond acceptors (Lipinski definition) is 5. The molecule has 1 unspecified atom stereocenters. The summed E-state index contributed by atoms with van der Waals surface area (Å²) in [5, 5.41) is 28.0. The highest BCUT2D eigenvalue weighted by atomic mass is 35.5. The van der Waals surface area contributed by atoms with Crippen molar-refractivity contribution in [2.75, 3.05) is 0 Å². The molecular weight excluding hydrogens is 342 g/mol. The minimum Gasteiger partial charge on any atom is -0.480 e. The molecular formula is C17H26BClN2O4. The van der Waals surface area contributed by atoms with Crippen molar-refractivity contribution in [2.45, 2.75) is 55.9 Å². The maximum Gasteiger partial charge on any atom is 0.451 e. The van der Waals surface area contributed by atoms with Gasteiger partial charge >= 0.3 is 13.1 Å². The van der Waals surface area contributed by atoms with Crippen molar-refractivity contribution < 1.29 is 19.9 Å². The zero-order valence-electron chi connectivity index (χ0n) is 14.2. The lowest BCUT2D eigenvalue weighted by Gasteiger charge is -2.51. The average molecular weight is 369 g/mol. The number of hydrogen-bond donors (Lipinski definition) is 5. The number of nitrogens with two attached hydrogens (primary N) is 2. The van der Waals surface area contributed by atoms with Crippen molar-refractivity contribution in [1.82, 2.24) is 0 Å². The van der Waals surface area contributed by atoms with Gasteiger partial charge in [0.15, 0.2) is 0 Å². The molecule has 0 saturated heterocycles. The van der Waals surface area contributed by atoms with Crippen LogP contribution < -0.4 is 11.5 Å². The van der Waals surface area contributed by atoms with E-state index in [1.54, 1.807) is 0 Å². The van der Waals surface area contributed by atoms with E-state index in [4.69, 9.17) is 33.1 Å². The number of unbranched alkanes of at least 4 members (excludes halogenated alkanes) is 1. The van der Waals surface area contributed by atoms with Gasteiger partial charge in [0.25, 0.3) is 0 Å². The molecule has 1 aliphatic rings. The summed E-state index contributed by atoms with van der Waals surface area (Å²) < 4.78 is 0. The molecule has 1 fully saturated rings. The van der Waals surface area contributed by atoms with E-state index in [2.05, 4.69) is 0 Å². The Morgan fingerprint density at radius 3 is 2.40 bits per heavy atom. The summed E-state index contributed by atoms with van der Waals surface area (Å²) in [5.74, 6) is -1.20. The largest absolute Gasteiger partial charge is 0.480 e. The quantitative estimate of drug-likeness (QED) is 0.331. The smallest absolute Gasteiger partial charge is 0.451 e. The van der Waals surface area contributed by atoms with Gasteiger partial charge in [0, 0.05) is 10.6 Å². The molecule has 1 saturated carbocycles. The van der Waals surface area contributed by atoms with Crippen LogP contribution in [0.4, 0.5) is 0 Å². The zero-order valence-corrected chi connectivity index (χ0v) is 15.0. The van der Waals surface area contributed by atoms with Crippen LogP contribution in [-0.2, 0) is 11.2 Å². The number of benzene rings is 1.